The Kier molecular flexibility index (Phi) is 8.62. The number of carbonyl (C=O) groups excluding carboxylic acids is 3. The molecule has 0 spiro atoms. The third-order valence-corrected chi connectivity index (χ3v) is 6.93. The molecule has 2 amide bonds. The van der Waals surface area contributed by atoms with Crippen molar-refractivity contribution in [3.05, 3.63) is 40.3 Å². The number of rotatable bonds is 9. The fourth-order valence-electron chi connectivity index (χ4n) is 3.25. The maximum Gasteiger partial charge on any atom is 0.348 e. The number of nitriles is 1. The molecule has 0 unspecified atom stereocenters. The van der Waals surface area contributed by atoms with Gasteiger partial charge in [-0.25, -0.2) is 4.79 Å². The van der Waals surface area contributed by atoms with E-state index in [2.05, 4.69) is 20.8 Å². The van der Waals surface area contributed by atoms with Crippen molar-refractivity contribution >= 4 is 51.6 Å². The number of thioether (sulfide) groups is 1. The molecule has 1 aromatic carbocycles. The monoisotopic (exact) mass is 512 g/mol. The van der Waals surface area contributed by atoms with Crippen LogP contribution in [0.3, 0.4) is 0 Å². The minimum Gasteiger partial charge on any atom is -0.462 e. The van der Waals surface area contributed by atoms with Crippen molar-refractivity contribution < 1.29 is 19.1 Å². The minimum atomic E-state index is -0.521. The maximum absolute atomic E-state index is 12.6. The molecule has 0 atom stereocenters. The second kappa shape index (κ2) is 11.6. The van der Waals surface area contributed by atoms with E-state index in [4.69, 9.17) is 4.74 Å². The highest BCUT2D eigenvalue weighted by Crippen LogP contribution is 2.33. The molecule has 0 saturated carbocycles. The topological polar surface area (TPSA) is 139 Å². The highest BCUT2D eigenvalue weighted by Gasteiger charge is 2.23. The number of nitrogens with one attached hydrogen (secondary N) is 2. The number of esters is 1. The van der Waals surface area contributed by atoms with Crippen molar-refractivity contribution in [3.63, 3.8) is 0 Å². The molecule has 0 aliphatic heterocycles. The third-order valence-electron chi connectivity index (χ3n) is 4.78. The lowest BCUT2D eigenvalue weighted by atomic mass is 10.2. The number of carbonyl (C=O) groups is 3. The van der Waals surface area contributed by atoms with Gasteiger partial charge in [-0.15, -0.1) is 21.5 Å². The Balaban J connectivity index is 1.73. The summed E-state index contributed by atoms with van der Waals surface area (Å²) in [5, 5.41) is 24.3. The smallest absolute Gasteiger partial charge is 0.348 e. The molecule has 2 heterocycles. The van der Waals surface area contributed by atoms with E-state index in [1.54, 1.807) is 19.9 Å². The number of benzene rings is 1. The molecule has 3 aromatic rings. The molecule has 0 saturated heterocycles. The van der Waals surface area contributed by atoms with Gasteiger partial charge in [-0.1, -0.05) is 23.9 Å². The van der Waals surface area contributed by atoms with Gasteiger partial charge < -0.3 is 19.9 Å². The first kappa shape index (κ1) is 25.9. The highest BCUT2D eigenvalue weighted by atomic mass is 32.2. The Labute approximate surface area is 210 Å². The number of thiophene rings is 1. The van der Waals surface area contributed by atoms with Gasteiger partial charge in [0.1, 0.15) is 15.9 Å². The van der Waals surface area contributed by atoms with Gasteiger partial charge in [0, 0.05) is 24.7 Å². The van der Waals surface area contributed by atoms with Crippen LogP contribution in [-0.4, -0.2) is 44.9 Å². The summed E-state index contributed by atoms with van der Waals surface area (Å²) in [6.45, 7) is 7.52. The van der Waals surface area contributed by atoms with Crippen LogP contribution in [-0.2, 0) is 20.9 Å². The van der Waals surface area contributed by atoms with Gasteiger partial charge in [-0.05, 0) is 38.5 Å². The summed E-state index contributed by atoms with van der Waals surface area (Å²) >= 11 is 2.23. The zero-order valence-corrected chi connectivity index (χ0v) is 21.3. The summed E-state index contributed by atoms with van der Waals surface area (Å²) in [4.78, 5) is 36.4. The molecule has 2 N–H and O–H groups in total. The largest absolute Gasteiger partial charge is 0.462 e. The number of hydrogen-bond donors (Lipinski definition) is 2. The van der Waals surface area contributed by atoms with E-state index in [0.29, 0.717) is 38.7 Å². The lowest BCUT2D eigenvalue weighted by molar-refractivity contribution is -0.114. The summed E-state index contributed by atoms with van der Waals surface area (Å²) in [7, 11) is 0. The maximum atomic E-state index is 12.6. The fourth-order valence-corrected chi connectivity index (χ4v) is 5.12. The lowest BCUT2D eigenvalue weighted by Crippen LogP contribution is -2.14. The Morgan fingerprint density at radius 3 is 2.66 bits per heavy atom. The van der Waals surface area contributed by atoms with Crippen LogP contribution in [0.4, 0.5) is 10.7 Å². The predicted octanol–water partition coefficient (Wildman–Crippen LogP) is 4.07. The van der Waals surface area contributed by atoms with E-state index in [1.165, 1.54) is 18.7 Å². The first-order chi connectivity index (χ1) is 16.8. The van der Waals surface area contributed by atoms with Crippen LogP contribution in [0.25, 0.3) is 11.4 Å². The molecule has 0 fully saturated rings. The van der Waals surface area contributed by atoms with Crippen LogP contribution < -0.4 is 10.6 Å². The molecule has 12 heteroatoms. The van der Waals surface area contributed by atoms with Gasteiger partial charge >= 0.3 is 5.97 Å². The van der Waals surface area contributed by atoms with Crippen LogP contribution in [0.2, 0.25) is 0 Å². The molecule has 0 aliphatic rings. The van der Waals surface area contributed by atoms with Crippen molar-refractivity contribution in [3.8, 4) is 17.5 Å². The minimum absolute atomic E-state index is 0.0284. The molecular weight excluding hydrogens is 488 g/mol. The standard InChI is InChI=1S/C23H24N6O4S2/c1-5-29-20(15-8-7-9-16(10-15)25-14(4)30)27-28-23(29)34-12-18(31)26-21-17(11-24)13(3)19(35-21)22(32)33-6-2/h7-10H,5-6,12H2,1-4H3,(H,25,30)(H,26,31). The van der Waals surface area contributed by atoms with Crippen LogP contribution in [0.15, 0.2) is 29.4 Å². The van der Waals surface area contributed by atoms with Gasteiger partial charge in [-0.2, -0.15) is 5.26 Å². The Bertz CT molecular complexity index is 1310. The summed E-state index contributed by atoms with van der Waals surface area (Å²) < 4.78 is 6.90. The number of amides is 2. The van der Waals surface area contributed by atoms with Crippen LogP contribution >= 0.6 is 23.1 Å². The van der Waals surface area contributed by atoms with Crippen molar-refractivity contribution in [2.24, 2.45) is 0 Å². The number of hydrogen-bond acceptors (Lipinski definition) is 9. The molecule has 0 aliphatic carbocycles. The number of ether oxygens (including phenoxy) is 1. The van der Waals surface area contributed by atoms with Crippen LogP contribution in [0.1, 0.15) is 41.6 Å². The summed E-state index contributed by atoms with van der Waals surface area (Å²) in [5.74, 6) is -0.394. The first-order valence-electron chi connectivity index (χ1n) is 10.7. The summed E-state index contributed by atoms with van der Waals surface area (Å²) in [6, 6.07) is 9.32. The van der Waals surface area contributed by atoms with E-state index < -0.39 is 5.97 Å². The molecular formula is C23H24N6O4S2. The molecule has 0 bridgehead atoms. The van der Waals surface area contributed by atoms with E-state index in [0.717, 1.165) is 16.9 Å². The van der Waals surface area contributed by atoms with Crippen molar-refractivity contribution in [2.75, 3.05) is 23.0 Å². The van der Waals surface area contributed by atoms with E-state index in [9.17, 15) is 19.6 Å². The second-order valence-corrected chi connectivity index (χ2v) is 9.20. The Hall–Kier alpha value is -3.69. The summed E-state index contributed by atoms with van der Waals surface area (Å²) in [5.41, 5.74) is 2.15. The third kappa shape index (κ3) is 6.06. The van der Waals surface area contributed by atoms with E-state index in [1.807, 2.05) is 35.8 Å². The van der Waals surface area contributed by atoms with Crippen LogP contribution in [0, 0.1) is 18.3 Å². The van der Waals surface area contributed by atoms with E-state index >= 15 is 0 Å². The van der Waals surface area contributed by atoms with Gasteiger partial charge in [-0.3, -0.25) is 9.59 Å². The molecule has 0 radical (unpaired) electrons. The SMILES string of the molecule is CCOC(=O)c1sc(NC(=O)CSc2nnc(-c3cccc(NC(C)=O)c3)n2CC)c(C#N)c1C. The first-order valence-corrected chi connectivity index (χ1v) is 12.5. The quantitative estimate of drug-likeness (QED) is 0.323. The van der Waals surface area contributed by atoms with Crippen LogP contribution in [0.5, 0.6) is 0 Å². The van der Waals surface area contributed by atoms with Gasteiger partial charge in [0.15, 0.2) is 11.0 Å². The zero-order valence-electron chi connectivity index (χ0n) is 19.7. The molecule has 35 heavy (non-hydrogen) atoms. The number of nitrogens with zero attached hydrogens (tertiary/aromatic N) is 4. The molecule has 10 nitrogen and oxygen atoms in total. The average Bonchev–Trinajstić information content (AvgIpc) is 3.37. The molecule has 3 rings (SSSR count). The fraction of sp³-hybridized carbons (Fsp3) is 0.304. The number of aromatic nitrogens is 3. The second-order valence-electron chi connectivity index (χ2n) is 7.24. The predicted molar refractivity (Wildman–Crippen MR) is 135 cm³/mol. The Morgan fingerprint density at radius 2 is 2.00 bits per heavy atom. The number of anilines is 2. The normalized spacial score (nSPS) is 10.5. The zero-order chi connectivity index (χ0) is 25.5. The van der Waals surface area contributed by atoms with Gasteiger partial charge in [0.25, 0.3) is 0 Å². The average molecular weight is 513 g/mol. The van der Waals surface area contributed by atoms with Gasteiger partial charge in [0.05, 0.1) is 17.9 Å². The van der Waals surface area contributed by atoms with Crippen molar-refractivity contribution in [2.45, 2.75) is 39.4 Å². The van der Waals surface area contributed by atoms with Gasteiger partial charge in [0.2, 0.25) is 11.8 Å². The lowest BCUT2D eigenvalue weighted by Gasteiger charge is -2.09. The van der Waals surface area contributed by atoms with Crippen molar-refractivity contribution in [1.82, 2.24) is 14.8 Å². The summed E-state index contributed by atoms with van der Waals surface area (Å²) in [6.07, 6.45) is 0. The molecule has 182 valence electrons. The van der Waals surface area contributed by atoms with E-state index in [-0.39, 0.29) is 29.7 Å². The highest BCUT2D eigenvalue weighted by molar-refractivity contribution is 7.99. The molecule has 2 aromatic heterocycles. The Morgan fingerprint density at radius 1 is 1.23 bits per heavy atom. The van der Waals surface area contributed by atoms with Crippen molar-refractivity contribution in [1.29, 1.82) is 5.26 Å².